The number of piperidine rings is 1. The number of nitrogens with zero attached hydrogens (tertiary/aromatic N) is 2. The van der Waals surface area contributed by atoms with Gasteiger partial charge in [0.2, 0.25) is 0 Å². The second-order valence-electron chi connectivity index (χ2n) is 8.44. The first-order chi connectivity index (χ1) is 15.1. The maximum atomic E-state index is 14.0. The molecule has 4 atom stereocenters. The topological polar surface area (TPSA) is 75.2 Å². The molecule has 6 rings (SSSR count). The Morgan fingerprint density at radius 1 is 1.10 bits per heavy atom. The predicted molar refractivity (Wildman–Crippen MR) is 109 cm³/mol. The molecule has 3 heterocycles. The van der Waals surface area contributed by atoms with Crippen molar-refractivity contribution in [3.05, 3.63) is 53.6 Å². The minimum Gasteiger partial charge on any atom is -0.492 e. The maximum absolute atomic E-state index is 14.0. The summed E-state index contributed by atoms with van der Waals surface area (Å²) < 4.78 is 32.9. The number of anilines is 2. The monoisotopic (exact) mass is 426 g/mol. The van der Waals surface area contributed by atoms with Crippen LogP contribution >= 0.6 is 0 Å². The molecule has 0 spiro atoms. The van der Waals surface area contributed by atoms with Crippen LogP contribution in [0.2, 0.25) is 0 Å². The van der Waals surface area contributed by atoms with Gasteiger partial charge in [-0.1, -0.05) is 5.16 Å². The van der Waals surface area contributed by atoms with E-state index in [0.29, 0.717) is 37.7 Å². The average molecular weight is 426 g/mol. The summed E-state index contributed by atoms with van der Waals surface area (Å²) in [6, 6.07) is 8.87. The average Bonchev–Trinajstić information content (AvgIpc) is 3.14. The summed E-state index contributed by atoms with van der Waals surface area (Å²) in [6.07, 6.45) is 0. The summed E-state index contributed by atoms with van der Waals surface area (Å²) >= 11 is 0. The highest BCUT2D eigenvalue weighted by Gasteiger charge is 2.56. The van der Waals surface area contributed by atoms with Crippen LogP contribution in [0.4, 0.5) is 25.0 Å². The summed E-state index contributed by atoms with van der Waals surface area (Å²) in [5.41, 5.74) is 2.75. The number of oxime groups is 1. The van der Waals surface area contributed by atoms with Gasteiger partial charge in [0.15, 0.2) is 0 Å². The molecule has 2 aromatic carbocycles. The van der Waals surface area contributed by atoms with E-state index in [-0.39, 0.29) is 29.8 Å². The molecule has 2 amide bonds. The maximum Gasteiger partial charge on any atom is 0.319 e. The number of nitrogens with one attached hydrogen (secondary N) is 2. The van der Waals surface area contributed by atoms with E-state index in [4.69, 9.17) is 9.57 Å². The van der Waals surface area contributed by atoms with Gasteiger partial charge >= 0.3 is 6.03 Å². The largest absolute Gasteiger partial charge is 0.492 e. The Bertz CT molecular complexity index is 1100. The molecular weight excluding hydrogens is 406 g/mol. The lowest BCUT2D eigenvalue weighted by Gasteiger charge is -2.23. The Morgan fingerprint density at radius 3 is 2.74 bits per heavy atom. The molecule has 1 aliphatic carbocycles. The molecular formula is C22H20F2N4O3. The lowest BCUT2D eigenvalue weighted by atomic mass is 9.95. The van der Waals surface area contributed by atoms with Gasteiger partial charge in [-0.2, -0.15) is 0 Å². The van der Waals surface area contributed by atoms with Crippen LogP contribution < -0.4 is 20.3 Å². The number of urea groups is 1. The third kappa shape index (κ3) is 3.15. The molecule has 3 aliphatic heterocycles. The van der Waals surface area contributed by atoms with Gasteiger partial charge in [0.1, 0.15) is 36.3 Å². The molecule has 4 aliphatic rings. The van der Waals surface area contributed by atoms with Crippen LogP contribution in [-0.2, 0) is 4.84 Å². The summed E-state index contributed by atoms with van der Waals surface area (Å²) in [4.78, 5) is 19.6. The van der Waals surface area contributed by atoms with Crippen molar-refractivity contribution in [2.45, 2.75) is 6.04 Å². The minimum atomic E-state index is -0.585. The number of hydrogen-bond acceptors (Lipinski definition) is 5. The molecule has 0 aromatic heterocycles. The van der Waals surface area contributed by atoms with E-state index < -0.39 is 11.6 Å². The van der Waals surface area contributed by atoms with E-state index in [2.05, 4.69) is 15.8 Å². The van der Waals surface area contributed by atoms with Crippen LogP contribution in [-0.4, -0.2) is 44.1 Å². The Balaban J connectivity index is 1.07. The molecule has 2 aromatic rings. The number of rotatable bonds is 3. The van der Waals surface area contributed by atoms with Gasteiger partial charge in [0.25, 0.3) is 0 Å². The number of halogens is 2. The smallest absolute Gasteiger partial charge is 0.319 e. The number of fused-ring (bicyclic) bond motifs is 4. The van der Waals surface area contributed by atoms with Gasteiger partial charge in [0.05, 0.1) is 11.6 Å². The van der Waals surface area contributed by atoms with E-state index in [1.807, 2.05) is 17.0 Å². The van der Waals surface area contributed by atoms with Crippen LogP contribution in [0.3, 0.4) is 0 Å². The number of ether oxygens (including phenoxy) is 1. The second-order valence-corrected chi connectivity index (χ2v) is 8.44. The molecule has 9 heteroatoms. The van der Waals surface area contributed by atoms with Gasteiger partial charge in [0, 0.05) is 48.3 Å². The van der Waals surface area contributed by atoms with Gasteiger partial charge in [-0.25, -0.2) is 13.6 Å². The number of amides is 2. The van der Waals surface area contributed by atoms with Crippen LogP contribution in [0.1, 0.15) is 5.56 Å². The molecule has 31 heavy (non-hydrogen) atoms. The van der Waals surface area contributed by atoms with Crippen molar-refractivity contribution in [3.63, 3.8) is 0 Å². The van der Waals surface area contributed by atoms with Crippen molar-refractivity contribution in [2.24, 2.45) is 22.9 Å². The predicted octanol–water partition coefficient (Wildman–Crippen LogP) is 2.96. The normalized spacial score (nSPS) is 27.3. The lowest BCUT2D eigenvalue weighted by molar-refractivity contribution is 0.137. The van der Waals surface area contributed by atoms with E-state index in [1.54, 1.807) is 6.07 Å². The fraction of sp³-hybridized carbons (Fsp3) is 0.364. The van der Waals surface area contributed by atoms with Crippen LogP contribution in [0.5, 0.6) is 5.75 Å². The van der Waals surface area contributed by atoms with Gasteiger partial charge < -0.3 is 25.1 Å². The zero-order chi connectivity index (χ0) is 21.1. The molecule has 1 saturated heterocycles. The van der Waals surface area contributed by atoms with Gasteiger partial charge in [-0.15, -0.1) is 0 Å². The quantitative estimate of drug-likeness (QED) is 0.792. The van der Waals surface area contributed by atoms with Crippen molar-refractivity contribution >= 4 is 23.1 Å². The highest BCUT2D eigenvalue weighted by Crippen LogP contribution is 2.47. The fourth-order valence-electron chi connectivity index (χ4n) is 4.86. The standard InChI is InChI=1S/C22H20F2N4O3/c23-12-1-3-18(17(24)5-12)28-7-15-16(8-28)21(15)26-22(29)25-13-2-4-19-14(6-13)20-11(9-30-19)10-31-27-20/h1-6,11,15-16,21H,7-10H2,(H2,25,26,29)/t11?,15-,16+,21+. The first-order valence-corrected chi connectivity index (χ1v) is 10.3. The van der Waals surface area contributed by atoms with Crippen LogP contribution in [0.25, 0.3) is 0 Å². The zero-order valence-corrected chi connectivity index (χ0v) is 16.5. The van der Waals surface area contributed by atoms with Crippen molar-refractivity contribution in [1.82, 2.24) is 5.32 Å². The van der Waals surface area contributed by atoms with E-state index in [9.17, 15) is 13.6 Å². The van der Waals surface area contributed by atoms with Crippen LogP contribution in [0.15, 0.2) is 41.6 Å². The summed E-state index contributed by atoms with van der Waals surface area (Å²) in [6.45, 7) is 2.32. The minimum absolute atomic E-state index is 0.0534. The summed E-state index contributed by atoms with van der Waals surface area (Å²) in [7, 11) is 0. The summed E-state index contributed by atoms with van der Waals surface area (Å²) in [5.74, 6) is 0.237. The second kappa shape index (κ2) is 6.83. The van der Waals surface area contributed by atoms with Crippen molar-refractivity contribution in [2.75, 3.05) is 36.5 Å². The SMILES string of the molecule is O=C(Nc1ccc2c(c1)C1=NOCC1CO2)N[C@H]1[C@@H]2CN(c3ccc(F)cc3F)C[C@@H]21. The third-order valence-electron chi connectivity index (χ3n) is 6.52. The number of benzene rings is 2. The highest BCUT2D eigenvalue weighted by molar-refractivity contribution is 6.07. The van der Waals surface area contributed by atoms with E-state index in [0.717, 1.165) is 23.1 Å². The fourth-order valence-corrected chi connectivity index (χ4v) is 4.86. The van der Waals surface area contributed by atoms with Crippen molar-refractivity contribution < 1.29 is 23.1 Å². The number of hydrogen-bond donors (Lipinski definition) is 2. The van der Waals surface area contributed by atoms with E-state index >= 15 is 0 Å². The van der Waals surface area contributed by atoms with Crippen molar-refractivity contribution in [1.29, 1.82) is 0 Å². The van der Waals surface area contributed by atoms with Crippen LogP contribution in [0, 0.1) is 29.4 Å². The molecule has 1 unspecified atom stereocenters. The molecule has 2 N–H and O–H groups in total. The molecule has 2 fully saturated rings. The van der Waals surface area contributed by atoms with Gasteiger partial charge in [-0.3, -0.25) is 0 Å². The first kappa shape index (κ1) is 18.4. The highest BCUT2D eigenvalue weighted by atomic mass is 19.1. The molecule has 160 valence electrons. The molecule has 0 bridgehead atoms. The molecule has 0 radical (unpaired) electrons. The zero-order valence-electron chi connectivity index (χ0n) is 16.5. The third-order valence-corrected chi connectivity index (χ3v) is 6.52. The first-order valence-electron chi connectivity index (χ1n) is 10.3. The molecule has 1 saturated carbocycles. The Hall–Kier alpha value is -3.36. The Kier molecular flexibility index (Phi) is 4.06. The summed E-state index contributed by atoms with van der Waals surface area (Å²) in [5, 5.41) is 10.00. The van der Waals surface area contributed by atoms with Gasteiger partial charge in [-0.05, 0) is 30.3 Å². The molecule has 7 nitrogen and oxygen atoms in total. The van der Waals surface area contributed by atoms with E-state index in [1.165, 1.54) is 12.1 Å². The Labute approximate surface area is 177 Å². The van der Waals surface area contributed by atoms with Crippen molar-refractivity contribution in [3.8, 4) is 5.75 Å². The Morgan fingerprint density at radius 2 is 1.94 bits per heavy atom. The number of carbonyl (C=O) groups is 1. The lowest BCUT2D eigenvalue weighted by Crippen LogP contribution is -2.37. The number of carbonyl (C=O) groups excluding carboxylic acids is 1.